The molecular weight excluding hydrogens is 481 g/mol. The minimum Gasteiger partial charge on any atom is -0.433 e. The van der Waals surface area contributed by atoms with Gasteiger partial charge in [0.25, 0.3) is 0 Å². The van der Waals surface area contributed by atoms with Crippen molar-refractivity contribution in [2.24, 2.45) is 0 Å². The lowest BCUT2D eigenvalue weighted by Crippen LogP contribution is -2.37. The molecule has 0 amide bonds. The van der Waals surface area contributed by atoms with Crippen LogP contribution in [0.1, 0.15) is 122 Å². The van der Waals surface area contributed by atoms with Gasteiger partial charge in [0, 0.05) is 12.4 Å². The molecule has 2 atom stereocenters. The highest BCUT2D eigenvalue weighted by atomic mass is 31.2. The number of nitrogens with zero attached hydrogens (tertiary/aromatic N) is 1. The molecule has 1 unspecified atom stereocenters. The predicted molar refractivity (Wildman–Crippen MR) is 146 cm³/mol. The molecule has 0 saturated heterocycles. The average Bonchev–Trinajstić information content (AvgIpc) is 2.82. The Labute approximate surface area is 227 Å². The first-order valence-electron chi connectivity index (χ1n) is 15.7. The molecule has 9 heteroatoms. The number of hydrogen-bond acceptors (Lipinski definition) is 6. The van der Waals surface area contributed by atoms with E-state index in [1.807, 2.05) is 21.1 Å². The maximum absolute atomic E-state index is 12.1. The standard InChI is InChI=1S/C27H56NO7P/c1-6-7-8-9-10-11-12-13-14-15-16-17-18-19-20-21-23-32-27(35-26(2)29)25-34-36(30,31)33-24-22-28(3,4)5/h27H,6-25H2,1-5H3/p+1/t27-/m0/s1/i13D2,14D2. The van der Waals surface area contributed by atoms with E-state index in [2.05, 4.69) is 6.92 Å². The number of likely N-dealkylation sites (N-methyl/N-ethyl adjacent to an activating group) is 1. The summed E-state index contributed by atoms with van der Waals surface area (Å²) in [6, 6.07) is 0. The van der Waals surface area contributed by atoms with Crippen molar-refractivity contribution in [2.45, 2.75) is 123 Å². The summed E-state index contributed by atoms with van der Waals surface area (Å²) in [5.74, 6) is -0.594. The Balaban J connectivity index is 4.14. The molecule has 0 rings (SSSR count). The zero-order chi connectivity index (χ0) is 30.7. The lowest BCUT2D eigenvalue weighted by Gasteiger charge is -2.24. The third-order valence-corrected chi connectivity index (χ3v) is 6.45. The highest BCUT2D eigenvalue weighted by Crippen LogP contribution is 2.43. The van der Waals surface area contributed by atoms with Gasteiger partial charge in [0.05, 0.1) is 27.7 Å². The van der Waals surface area contributed by atoms with Crippen LogP contribution in [-0.2, 0) is 27.9 Å². The summed E-state index contributed by atoms with van der Waals surface area (Å²) in [4.78, 5) is 21.2. The molecule has 0 aliphatic rings. The maximum atomic E-state index is 12.1. The van der Waals surface area contributed by atoms with Crippen LogP contribution in [0.5, 0.6) is 0 Å². The van der Waals surface area contributed by atoms with Gasteiger partial charge in [-0.1, -0.05) is 103 Å². The number of esters is 1. The molecule has 0 aliphatic carbocycles. The Kier molecular flexibility index (Phi) is 17.8. The van der Waals surface area contributed by atoms with Crippen molar-refractivity contribution in [3.05, 3.63) is 0 Å². The average molecular weight is 543 g/mol. The van der Waals surface area contributed by atoms with Crippen LogP contribution in [-0.4, -0.2) is 69.1 Å². The molecule has 0 aliphatic heterocycles. The van der Waals surface area contributed by atoms with Crippen LogP contribution in [0.4, 0.5) is 0 Å². The Morgan fingerprint density at radius 3 is 1.83 bits per heavy atom. The van der Waals surface area contributed by atoms with Gasteiger partial charge in [-0.15, -0.1) is 0 Å². The lowest BCUT2D eigenvalue weighted by molar-refractivity contribution is -0.870. The number of unbranched alkanes of at least 4 members (excludes halogenated alkanes) is 10. The van der Waals surface area contributed by atoms with E-state index in [0.29, 0.717) is 23.9 Å². The fourth-order valence-electron chi connectivity index (χ4n) is 3.33. The maximum Gasteiger partial charge on any atom is 0.472 e. The molecule has 0 bridgehead atoms. The Bertz CT molecular complexity index is 723. The second-order valence-electron chi connectivity index (χ2n) is 10.3. The van der Waals surface area contributed by atoms with E-state index in [0.717, 1.165) is 44.9 Å². The van der Waals surface area contributed by atoms with Crippen LogP contribution < -0.4 is 0 Å². The smallest absolute Gasteiger partial charge is 0.433 e. The molecule has 0 spiro atoms. The molecule has 0 aromatic carbocycles. The van der Waals surface area contributed by atoms with Gasteiger partial charge in [-0.25, -0.2) is 4.57 Å². The molecule has 216 valence electrons. The summed E-state index contributed by atoms with van der Waals surface area (Å²) in [6.45, 7) is 3.78. The highest BCUT2D eigenvalue weighted by Gasteiger charge is 2.26. The number of phosphoric acid groups is 1. The van der Waals surface area contributed by atoms with Crippen LogP contribution >= 0.6 is 7.82 Å². The monoisotopic (exact) mass is 542 g/mol. The number of carbonyl (C=O) groups excluding carboxylic acids is 1. The van der Waals surface area contributed by atoms with Crippen molar-refractivity contribution in [3.8, 4) is 0 Å². The van der Waals surface area contributed by atoms with Gasteiger partial charge < -0.3 is 18.9 Å². The first kappa shape index (κ1) is 28.5. The van der Waals surface area contributed by atoms with Gasteiger partial charge in [0.15, 0.2) is 0 Å². The lowest BCUT2D eigenvalue weighted by atomic mass is 10.0. The number of hydrogen-bond donors (Lipinski definition) is 1. The molecule has 0 aromatic rings. The summed E-state index contributed by atoms with van der Waals surface area (Å²) < 4.78 is 66.0. The Morgan fingerprint density at radius 1 is 0.833 bits per heavy atom. The van der Waals surface area contributed by atoms with Crippen LogP contribution in [0, 0.1) is 0 Å². The Morgan fingerprint density at radius 2 is 1.33 bits per heavy atom. The zero-order valence-corrected chi connectivity index (χ0v) is 24.5. The zero-order valence-electron chi connectivity index (χ0n) is 27.6. The molecule has 1 N–H and O–H groups in total. The predicted octanol–water partition coefficient (Wildman–Crippen LogP) is 6.99. The first-order valence-corrected chi connectivity index (χ1v) is 15.2. The SMILES string of the molecule is [2H]C([2H])(CCCCCCCC)C([2H])([2H])CCCCCCCCO[C@H](COP(=O)(O)OCC[N+](C)(C)C)OC(C)=O. The highest BCUT2D eigenvalue weighted by molar-refractivity contribution is 7.47. The van der Waals surface area contributed by atoms with Crippen molar-refractivity contribution >= 4 is 13.8 Å². The van der Waals surface area contributed by atoms with Gasteiger partial charge >= 0.3 is 13.8 Å². The number of carbonyl (C=O) groups is 1. The first-order chi connectivity index (χ1) is 18.5. The minimum absolute atomic E-state index is 0.0349. The number of phosphoric ester groups is 1. The van der Waals surface area contributed by atoms with Gasteiger partial charge in [-0.05, 0) is 6.42 Å². The molecule has 0 radical (unpaired) electrons. The van der Waals surface area contributed by atoms with Gasteiger partial charge in [-0.2, -0.15) is 0 Å². The third kappa shape index (κ3) is 26.6. The summed E-state index contributed by atoms with van der Waals surface area (Å²) in [6.07, 6.45) is 6.90. The van der Waals surface area contributed by atoms with Crippen LogP contribution in [0.3, 0.4) is 0 Å². The number of ether oxygens (including phenoxy) is 2. The van der Waals surface area contributed by atoms with E-state index in [1.54, 1.807) is 0 Å². The largest absolute Gasteiger partial charge is 0.472 e. The summed E-state index contributed by atoms with van der Waals surface area (Å²) in [7, 11) is 1.48. The van der Waals surface area contributed by atoms with Crippen LogP contribution in [0.2, 0.25) is 0 Å². The summed E-state index contributed by atoms with van der Waals surface area (Å²) in [5, 5.41) is 0. The second-order valence-corrected chi connectivity index (χ2v) is 11.7. The molecule has 0 fully saturated rings. The van der Waals surface area contributed by atoms with Crippen LogP contribution in [0.25, 0.3) is 0 Å². The quantitative estimate of drug-likeness (QED) is 0.0414. The molecule has 36 heavy (non-hydrogen) atoms. The van der Waals surface area contributed by atoms with E-state index >= 15 is 0 Å². The van der Waals surface area contributed by atoms with Crippen molar-refractivity contribution in [2.75, 3.05) is 47.5 Å². The molecular formula is C27H57NO7P+. The fraction of sp³-hybridized carbons (Fsp3) is 0.963. The Hall–Kier alpha value is -0.500. The van der Waals surface area contributed by atoms with E-state index < -0.39 is 39.4 Å². The van der Waals surface area contributed by atoms with E-state index in [9.17, 15) is 14.3 Å². The minimum atomic E-state index is -4.30. The molecule has 8 nitrogen and oxygen atoms in total. The molecule has 0 heterocycles. The van der Waals surface area contributed by atoms with Gasteiger partial charge in [0.2, 0.25) is 6.29 Å². The number of quaternary nitrogens is 1. The van der Waals surface area contributed by atoms with Crippen LogP contribution in [0.15, 0.2) is 0 Å². The second kappa shape index (κ2) is 22.5. The van der Waals surface area contributed by atoms with E-state index in [-0.39, 0.29) is 26.1 Å². The van der Waals surface area contributed by atoms with Gasteiger partial charge in [0.1, 0.15) is 19.8 Å². The third-order valence-electron chi connectivity index (χ3n) is 5.47. The molecule has 0 aromatic heterocycles. The van der Waals surface area contributed by atoms with Crippen molar-refractivity contribution in [3.63, 3.8) is 0 Å². The van der Waals surface area contributed by atoms with E-state index in [4.69, 9.17) is 24.0 Å². The summed E-state index contributed by atoms with van der Waals surface area (Å²) >= 11 is 0. The number of rotatable bonds is 26. The van der Waals surface area contributed by atoms with E-state index in [1.165, 1.54) is 26.2 Å². The normalized spacial score (nSPS) is 16.9. The van der Waals surface area contributed by atoms with Gasteiger partial charge in [-0.3, -0.25) is 13.8 Å². The van der Waals surface area contributed by atoms with Crippen molar-refractivity contribution < 1.29 is 42.7 Å². The summed E-state index contributed by atoms with van der Waals surface area (Å²) in [5.41, 5.74) is 0. The molecule has 0 saturated carbocycles. The fourth-order valence-corrected chi connectivity index (χ4v) is 4.03. The topological polar surface area (TPSA) is 91.3 Å². The van der Waals surface area contributed by atoms with Crippen molar-refractivity contribution in [1.82, 2.24) is 0 Å². The van der Waals surface area contributed by atoms with Crippen molar-refractivity contribution in [1.29, 1.82) is 0 Å².